The summed E-state index contributed by atoms with van der Waals surface area (Å²) in [7, 11) is 1.30. The first-order valence-corrected chi connectivity index (χ1v) is 21.8. The van der Waals surface area contributed by atoms with E-state index in [1.165, 1.54) is 12.8 Å². The number of unbranched alkanes of at least 4 members (excludes halogenated alkanes) is 8. The summed E-state index contributed by atoms with van der Waals surface area (Å²) in [5.74, 6) is -0.370. The fraction of sp³-hybridized carbons (Fsp3) is 0.659. The topological polar surface area (TPSA) is 94.1 Å². The predicted molar refractivity (Wildman–Crippen MR) is 222 cm³/mol. The highest BCUT2D eigenvalue weighted by Gasteiger charge is 2.20. The summed E-state index contributed by atoms with van der Waals surface area (Å²) in [6.07, 6.45) is 47.5. The van der Waals surface area contributed by atoms with E-state index in [0.717, 1.165) is 96.3 Å². The van der Waals surface area contributed by atoms with Gasteiger partial charge in [-0.05, 0) is 77.0 Å². The van der Waals surface area contributed by atoms with Gasteiger partial charge in [0.2, 0.25) is 0 Å². The Bertz CT molecular complexity index is 1120. The van der Waals surface area contributed by atoms with Crippen molar-refractivity contribution in [2.24, 2.45) is 0 Å². The second-order valence-corrected chi connectivity index (χ2v) is 15.7. The maximum atomic E-state index is 12.6. The van der Waals surface area contributed by atoms with E-state index in [1.54, 1.807) is 0 Å². The molecule has 8 nitrogen and oxygen atoms in total. The van der Waals surface area contributed by atoms with Crippen molar-refractivity contribution < 1.29 is 37.3 Å². The van der Waals surface area contributed by atoms with Gasteiger partial charge in [-0.15, -0.1) is 0 Å². The summed E-state index contributed by atoms with van der Waals surface area (Å²) in [4.78, 5) is 24.9. The molecule has 0 rings (SSSR count). The normalized spacial score (nSPS) is 14.8. The van der Waals surface area contributed by atoms with Crippen LogP contribution >= 0.6 is 7.82 Å². The van der Waals surface area contributed by atoms with E-state index < -0.39 is 13.9 Å². The van der Waals surface area contributed by atoms with Crippen LogP contribution in [0.15, 0.2) is 85.1 Å². The van der Waals surface area contributed by atoms with Crippen LogP contribution in [0.1, 0.15) is 129 Å². The molecule has 2 atom stereocenters. The van der Waals surface area contributed by atoms with Crippen molar-refractivity contribution in [1.82, 2.24) is 0 Å². The molecule has 0 spiro atoms. The molecule has 304 valence electrons. The summed E-state index contributed by atoms with van der Waals surface area (Å²) in [6, 6.07) is 0. The Morgan fingerprint density at radius 1 is 0.604 bits per heavy atom. The molecule has 9 heteroatoms. The number of phosphoric acid groups is 1. The molecule has 0 radical (unpaired) electrons. The lowest BCUT2D eigenvalue weighted by atomic mass is 10.1. The molecule has 0 N–H and O–H groups in total. The molecule has 0 heterocycles. The number of hydrogen-bond donors (Lipinski definition) is 0. The van der Waals surface area contributed by atoms with Crippen LogP contribution in [0.2, 0.25) is 0 Å². The molecule has 0 aliphatic carbocycles. The van der Waals surface area contributed by atoms with Crippen LogP contribution in [0.25, 0.3) is 0 Å². The Kier molecular flexibility index (Phi) is 35.0. The van der Waals surface area contributed by atoms with Gasteiger partial charge in [0.1, 0.15) is 19.3 Å². The van der Waals surface area contributed by atoms with E-state index in [2.05, 4.69) is 98.9 Å². The number of ether oxygens (including phenoxy) is 2. The van der Waals surface area contributed by atoms with E-state index in [-0.39, 0.29) is 32.2 Å². The van der Waals surface area contributed by atoms with Gasteiger partial charge in [0.15, 0.2) is 0 Å². The van der Waals surface area contributed by atoms with Crippen LogP contribution in [-0.4, -0.2) is 70.7 Å². The van der Waals surface area contributed by atoms with Gasteiger partial charge in [0.25, 0.3) is 7.82 Å². The molecular formula is C44H76NO7P. The molecule has 0 amide bonds. The molecule has 0 aromatic rings. The summed E-state index contributed by atoms with van der Waals surface area (Å²) < 4.78 is 34.4. The molecule has 0 fully saturated rings. The number of hydrogen-bond acceptors (Lipinski definition) is 7. The van der Waals surface area contributed by atoms with E-state index in [0.29, 0.717) is 17.6 Å². The van der Waals surface area contributed by atoms with Gasteiger partial charge in [-0.25, -0.2) is 0 Å². The fourth-order valence-electron chi connectivity index (χ4n) is 4.78. The lowest BCUT2D eigenvalue weighted by Gasteiger charge is -2.28. The van der Waals surface area contributed by atoms with Crippen LogP contribution in [0.5, 0.6) is 0 Å². The molecule has 0 saturated carbocycles. The van der Waals surface area contributed by atoms with Crippen molar-refractivity contribution in [1.29, 1.82) is 0 Å². The zero-order valence-electron chi connectivity index (χ0n) is 34.2. The highest BCUT2D eigenvalue weighted by atomic mass is 31.2. The Morgan fingerprint density at radius 2 is 1.09 bits per heavy atom. The molecule has 53 heavy (non-hydrogen) atoms. The average molecular weight is 762 g/mol. The van der Waals surface area contributed by atoms with Crippen molar-refractivity contribution in [3.8, 4) is 0 Å². The van der Waals surface area contributed by atoms with Gasteiger partial charge in [-0.2, -0.15) is 0 Å². The smallest absolute Gasteiger partial charge is 0.306 e. The first-order chi connectivity index (χ1) is 25.6. The standard InChI is InChI=1S/C44H76NO7P/c1-6-8-10-12-14-16-18-19-20-21-22-23-24-25-26-28-30-32-34-36-39-49-41-43(42-51-53(47,48)50-40-38-45(3,4)5)52-44(46)37-35-33-31-29-27-17-15-13-11-9-7-2/h8,10,13-16,19-20,22-23,25-26,30,32,43H,6-7,9,11-12,17-18,21,24,27-29,31,33-42H2,1-5H3/b10-8-,15-13-,16-14-,20-19-,23-22-,26-25-,32-30-. The Morgan fingerprint density at radius 3 is 1.66 bits per heavy atom. The zero-order chi connectivity index (χ0) is 39.1. The second-order valence-electron chi connectivity index (χ2n) is 14.3. The number of rotatable bonds is 36. The predicted octanol–water partition coefficient (Wildman–Crippen LogP) is 11.1. The number of likely N-dealkylation sites (N-methyl/N-ethyl adjacent to an activating group) is 1. The summed E-state index contributed by atoms with van der Waals surface area (Å²) in [6.45, 7) is 5.05. The SMILES string of the molecule is CC/C=C\C/C=C\C/C=C\C/C=C\C/C=C\C/C=C\CCCOCC(COP(=O)([O-])OCC[N+](C)(C)C)OC(=O)CCCCCCC/C=C\CCCC. The van der Waals surface area contributed by atoms with E-state index >= 15 is 0 Å². The quantitative estimate of drug-likeness (QED) is 0.0206. The largest absolute Gasteiger partial charge is 0.756 e. The lowest BCUT2D eigenvalue weighted by Crippen LogP contribution is -2.37. The number of allylic oxidation sites excluding steroid dienone is 14. The molecule has 2 unspecified atom stereocenters. The Balaban J connectivity index is 4.39. The molecule has 0 bridgehead atoms. The molecule has 0 aromatic heterocycles. The number of phosphoric ester groups is 1. The minimum atomic E-state index is -4.54. The molecule has 0 aliphatic rings. The van der Waals surface area contributed by atoms with Crippen molar-refractivity contribution in [2.45, 2.75) is 136 Å². The van der Waals surface area contributed by atoms with Gasteiger partial charge in [0, 0.05) is 13.0 Å². The summed E-state index contributed by atoms with van der Waals surface area (Å²) >= 11 is 0. The van der Waals surface area contributed by atoms with Gasteiger partial charge >= 0.3 is 5.97 Å². The highest BCUT2D eigenvalue weighted by molar-refractivity contribution is 7.45. The van der Waals surface area contributed by atoms with Crippen molar-refractivity contribution >= 4 is 13.8 Å². The lowest BCUT2D eigenvalue weighted by molar-refractivity contribution is -0.870. The third-order valence-electron chi connectivity index (χ3n) is 7.93. The van der Waals surface area contributed by atoms with Gasteiger partial charge in [-0.1, -0.05) is 131 Å². The van der Waals surface area contributed by atoms with Crippen LogP contribution in [0.3, 0.4) is 0 Å². The minimum Gasteiger partial charge on any atom is -0.756 e. The molecule has 0 aliphatic heterocycles. The van der Waals surface area contributed by atoms with Gasteiger partial charge in [-0.3, -0.25) is 9.36 Å². The average Bonchev–Trinajstić information content (AvgIpc) is 3.11. The number of carbonyl (C=O) groups excluding carboxylic acids is 1. The summed E-state index contributed by atoms with van der Waals surface area (Å²) in [5, 5.41) is 0. The Hall–Kier alpha value is -2.32. The third-order valence-corrected chi connectivity index (χ3v) is 8.89. The van der Waals surface area contributed by atoms with Crippen molar-refractivity contribution in [3.05, 3.63) is 85.1 Å². The van der Waals surface area contributed by atoms with Gasteiger partial charge in [0.05, 0.1) is 34.4 Å². The number of quaternary nitrogens is 1. The van der Waals surface area contributed by atoms with E-state index in [4.69, 9.17) is 18.5 Å². The first-order valence-electron chi connectivity index (χ1n) is 20.3. The van der Waals surface area contributed by atoms with Crippen LogP contribution < -0.4 is 4.89 Å². The third kappa shape index (κ3) is 40.7. The van der Waals surface area contributed by atoms with Crippen LogP contribution in [-0.2, 0) is 27.9 Å². The number of carbonyl (C=O) groups is 1. The van der Waals surface area contributed by atoms with E-state index in [1.807, 2.05) is 21.1 Å². The molecule has 0 aromatic carbocycles. The molecular weight excluding hydrogens is 685 g/mol. The Labute approximate surface area is 325 Å². The maximum absolute atomic E-state index is 12.6. The zero-order valence-corrected chi connectivity index (χ0v) is 35.1. The van der Waals surface area contributed by atoms with Crippen LogP contribution in [0, 0.1) is 0 Å². The monoisotopic (exact) mass is 762 g/mol. The van der Waals surface area contributed by atoms with Crippen molar-refractivity contribution in [2.75, 3.05) is 54.1 Å². The highest BCUT2D eigenvalue weighted by Crippen LogP contribution is 2.38. The number of esters is 1. The van der Waals surface area contributed by atoms with Crippen LogP contribution in [0.4, 0.5) is 0 Å². The fourth-order valence-corrected chi connectivity index (χ4v) is 5.50. The van der Waals surface area contributed by atoms with E-state index in [9.17, 15) is 14.3 Å². The minimum absolute atomic E-state index is 0.00890. The molecule has 0 saturated heterocycles. The maximum Gasteiger partial charge on any atom is 0.306 e. The van der Waals surface area contributed by atoms with Gasteiger partial charge < -0.3 is 27.9 Å². The first kappa shape index (κ1) is 50.7. The number of nitrogens with zero attached hydrogens (tertiary/aromatic N) is 1. The van der Waals surface area contributed by atoms with Crippen molar-refractivity contribution in [3.63, 3.8) is 0 Å². The second kappa shape index (κ2) is 36.6. The summed E-state index contributed by atoms with van der Waals surface area (Å²) in [5.41, 5.74) is 0.